The maximum atomic E-state index is 3.49. The molecule has 2 aliphatic rings. The summed E-state index contributed by atoms with van der Waals surface area (Å²) in [5.41, 5.74) is 0. The van der Waals surface area contributed by atoms with E-state index in [1.165, 1.54) is 96.8 Å². The fourth-order valence-electron chi connectivity index (χ4n) is 3.53. The summed E-state index contributed by atoms with van der Waals surface area (Å²) >= 11 is 0. The molecule has 118 valence electrons. The molecule has 0 spiro atoms. The van der Waals surface area contributed by atoms with E-state index in [1.807, 2.05) is 0 Å². The Balaban J connectivity index is 1.53. The van der Waals surface area contributed by atoms with Gasteiger partial charge >= 0.3 is 0 Å². The molecule has 2 rings (SSSR count). The topological polar surface area (TPSA) is 15.3 Å². The summed E-state index contributed by atoms with van der Waals surface area (Å²) in [7, 11) is 0. The van der Waals surface area contributed by atoms with Crippen molar-refractivity contribution in [3.05, 3.63) is 0 Å². The molecule has 0 radical (unpaired) electrons. The molecule has 1 heterocycles. The molecule has 0 aromatic rings. The maximum absolute atomic E-state index is 3.49. The van der Waals surface area contributed by atoms with Crippen LogP contribution in [0.2, 0.25) is 0 Å². The number of nitrogens with zero attached hydrogens (tertiary/aromatic N) is 1. The Morgan fingerprint density at radius 3 is 2.15 bits per heavy atom. The van der Waals surface area contributed by atoms with Crippen LogP contribution in [0.1, 0.15) is 77.6 Å². The molecule has 0 bridgehead atoms. The smallest absolute Gasteiger partial charge is 0.00965 e. The van der Waals surface area contributed by atoms with Crippen LogP contribution < -0.4 is 5.32 Å². The van der Waals surface area contributed by atoms with Gasteiger partial charge in [0.05, 0.1) is 0 Å². The minimum atomic E-state index is 0.963. The molecule has 2 nitrogen and oxygen atoms in total. The second kappa shape index (κ2) is 9.78. The maximum Gasteiger partial charge on any atom is 0.00965 e. The summed E-state index contributed by atoms with van der Waals surface area (Å²) in [5, 5.41) is 3.49. The minimum Gasteiger partial charge on any atom is -0.317 e. The van der Waals surface area contributed by atoms with E-state index in [2.05, 4.69) is 17.1 Å². The zero-order chi connectivity index (χ0) is 14.0. The third-order valence-corrected chi connectivity index (χ3v) is 5.06. The van der Waals surface area contributed by atoms with E-state index >= 15 is 0 Å². The molecular formula is C18H36N2. The van der Waals surface area contributed by atoms with Crippen LogP contribution in [0.3, 0.4) is 0 Å². The predicted octanol–water partition coefficient (Wildman–Crippen LogP) is 4.20. The number of rotatable bonds is 11. The largest absolute Gasteiger partial charge is 0.317 e. The average molecular weight is 281 g/mol. The molecule has 1 aliphatic carbocycles. The normalized spacial score (nSPS) is 20.7. The van der Waals surface area contributed by atoms with Gasteiger partial charge in [0, 0.05) is 12.6 Å². The summed E-state index contributed by atoms with van der Waals surface area (Å²) in [6, 6.07) is 0.963. The van der Waals surface area contributed by atoms with Crippen molar-refractivity contribution >= 4 is 0 Å². The van der Waals surface area contributed by atoms with Gasteiger partial charge in [-0.2, -0.15) is 0 Å². The van der Waals surface area contributed by atoms with E-state index in [9.17, 15) is 0 Å². The minimum absolute atomic E-state index is 0.963. The quantitative estimate of drug-likeness (QED) is 0.571. The van der Waals surface area contributed by atoms with Crippen molar-refractivity contribution in [2.45, 2.75) is 83.6 Å². The summed E-state index contributed by atoms with van der Waals surface area (Å²) in [6.45, 7) is 7.57. The van der Waals surface area contributed by atoms with E-state index in [4.69, 9.17) is 0 Å². The van der Waals surface area contributed by atoms with Crippen molar-refractivity contribution in [2.75, 3.05) is 26.2 Å². The van der Waals surface area contributed by atoms with Crippen molar-refractivity contribution in [3.63, 3.8) is 0 Å². The Morgan fingerprint density at radius 2 is 1.50 bits per heavy atom. The molecule has 1 aliphatic heterocycles. The van der Waals surface area contributed by atoms with Crippen LogP contribution in [0.15, 0.2) is 0 Å². The highest BCUT2D eigenvalue weighted by molar-refractivity contribution is 4.86. The van der Waals surface area contributed by atoms with Gasteiger partial charge in [0.15, 0.2) is 0 Å². The number of unbranched alkanes of at least 4 members (excludes halogenated alkanes) is 6. The lowest BCUT2D eigenvalue weighted by Crippen LogP contribution is -2.37. The van der Waals surface area contributed by atoms with Gasteiger partial charge < -0.3 is 10.2 Å². The van der Waals surface area contributed by atoms with Crippen LogP contribution in [0.5, 0.6) is 0 Å². The van der Waals surface area contributed by atoms with Crippen LogP contribution >= 0.6 is 0 Å². The first-order valence-corrected chi connectivity index (χ1v) is 9.35. The van der Waals surface area contributed by atoms with Gasteiger partial charge in [-0.3, -0.25) is 0 Å². The Bertz CT molecular complexity index is 232. The third kappa shape index (κ3) is 6.58. The Hall–Kier alpha value is -0.0800. The summed E-state index contributed by atoms with van der Waals surface area (Å²) in [6.07, 6.45) is 15.8. The van der Waals surface area contributed by atoms with Gasteiger partial charge in [-0.25, -0.2) is 0 Å². The molecule has 0 aromatic heterocycles. The highest BCUT2D eigenvalue weighted by Crippen LogP contribution is 2.29. The van der Waals surface area contributed by atoms with E-state index in [0.717, 1.165) is 12.0 Å². The number of piperidine rings is 1. The summed E-state index contributed by atoms with van der Waals surface area (Å²) in [4.78, 5) is 2.84. The van der Waals surface area contributed by atoms with E-state index in [0.29, 0.717) is 0 Å². The van der Waals surface area contributed by atoms with E-state index < -0.39 is 0 Å². The van der Waals surface area contributed by atoms with Crippen LogP contribution in [0.4, 0.5) is 0 Å². The molecule has 1 N–H and O–H groups in total. The zero-order valence-electron chi connectivity index (χ0n) is 13.7. The summed E-state index contributed by atoms with van der Waals surface area (Å²) in [5.74, 6) is 0.974. The first-order chi connectivity index (χ1) is 9.90. The molecule has 1 saturated heterocycles. The highest BCUT2D eigenvalue weighted by Gasteiger charge is 2.30. The van der Waals surface area contributed by atoms with Crippen molar-refractivity contribution in [1.29, 1.82) is 0 Å². The van der Waals surface area contributed by atoms with Gasteiger partial charge in [0.2, 0.25) is 0 Å². The lowest BCUT2D eigenvalue weighted by molar-refractivity contribution is 0.194. The van der Waals surface area contributed by atoms with Crippen LogP contribution in [-0.4, -0.2) is 37.1 Å². The molecule has 1 saturated carbocycles. The van der Waals surface area contributed by atoms with Gasteiger partial charge in [0.1, 0.15) is 0 Å². The molecule has 2 heteroatoms. The molecular weight excluding hydrogens is 244 g/mol. The van der Waals surface area contributed by atoms with Crippen LogP contribution in [0.25, 0.3) is 0 Å². The van der Waals surface area contributed by atoms with Gasteiger partial charge in [0.25, 0.3) is 0 Å². The Morgan fingerprint density at radius 1 is 0.850 bits per heavy atom. The predicted molar refractivity (Wildman–Crippen MR) is 88.2 cm³/mol. The van der Waals surface area contributed by atoms with Crippen LogP contribution in [-0.2, 0) is 0 Å². The van der Waals surface area contributed by atoms with Crippen LogP contribution in [0, 0.1) is 5.92 Å². The van der Waals surface area contributed by atoms with Crippen molar-refractivity contribution < 1.29 is 0 Å². The second-order valence-electron chi connectivity index (χ2n) is 7.04. The molecule has 0 amide bonds. The van der Waals surface area contributed by atoms with E-state index in [1.54, 1.807) is 0 Å². The fraction of sp³-hybridized carbons (Fsp3) is 1.00. The lowest BCUT2D eigenvalue weighted by Gasteiger charge is -2.30. The first kappa shape index (κ1) is 16.3. The third-order valence-electron chi connectivity index (χ3n) is 5.06. The number of hydrogen-bond donors (Lipinski definition) is 1. The van der Waals surface area contributed by atoms with E-state index in [-0.39, 0.29) is 0 Å². The van der Waals surface area contributed by atoms with Crippen molar-refractivity contribution in [3.8, 4) is 0 Å². The number of nitrogens with one attached hydrogen (secondary N) is 1. The fourth-order valence-corrected chi connectivity index (χ4v) is 3.53. The Kier molecular flexibility index (Phi) is 7.97. The average Bonchev–Trinajstić information content (AvgIpc) is 3.31. The molecule has 0 aromatic carbocycles. The molecule has 2 fully saturated rings. The second-order valence-corrected chi connectivity index (χ2v) is 7.04. The number of hydrogen-bond acceptors (Lipinski definition) is 2. The van der Waals surface area contributed by atoms with Gasteiger partial charge in [-0.05, 0) is 57.7 Å². The Labute approximate surface area is 126 Å². The standard InChI is InChI=1S/C18H36N2/c1-2-3-4-5-6-7-8-15-20(18-9-10-18)16-17-11-13-19-14-12-17/h17-19H,2-16H2,1H3. The van der Waals surface area contributed by atoms with Gasteiger partial charge in [-0.1, -0.05) is 45.4 Å². The molecule has 0 unspecified atom stereocenters. The molecule has 20 heavy (non-hydrogen) atoms. The highest BCUT2D eigenvalue weighted by atomic mass is 15.2. The monoisotopic (exact) mass is 280 g/mol. The lowest BCUT2D eigenvalue weighted by atomic mass is 9.97. The van der Waals surface area contributed by atoms with Crippen molar-refractivity contribution in [2.24, 2.45) is 5.92 Å². The van der Waals surface area contributed by atoms with Crippen molar-refractivity contribution in [1.82, 2.24) is 10.2 Å². The van der Waals surface area contributed by atoms with Gasteiger partial charge in [-0.15, -0.1) is 0 Å². The summed E-state index contributed by atoms with van der Waals surface area (Å²) < 4.78 is 0. The SMILES string of the molecule is CCCCCCCCCN(CC1CCNCC1)C1CC1. The zero-order valence-corrected chi connectivity index (χ0v) is 13.7. The first-order valence-electron chi connectivity index (χ1n) is 9.35. The molecule has 0 atom stereocenters.